The number of carboxylic acid groups (broad SMARTS) is 1. The number of nitrogens with two attached hydrogens (primary N) is 1. The predicted molar refractivity (Wildman–Crippen MR) is 91.1 cm³/mol. The lowest BCUT2D eigenvalue weighted by molar-refractivity contribution is -0.151. The van der Waals surface area contributed by atoms with E-state index in [0.717, 1.165) is 11.3 Å². The average molecular weight is 421 g/mol. The van der Waals surface area contributed by atoms with Crippen molar-refractivity contribution in [3.63, 3.8) is 0 Å². The molecule has 2 rings (SSSR count). The Morgan fingerprint density at radius 2 is 2.15 bits per heavy atom. The summed E-state index contributed by atoms with van der Waals surface area (Å²) in [7, 11) is -4.80. The first-order chi connectivity index (χ1) is 12.4. The Kier molecular flexibility index (Phi) is 5.39. The van der Waals surface area contributed by atoms with Crippen LogP contribution in [0.1, 0.15) is 19.5 Å². The maximum Gasteiger partial charge on any atom is 0.362 e. The number of hydrogen-bond donors (Lipinski definition) is 4. The first kappa shape index (κ1) is 20.5. The zero-order valence-electron chi connectivity index (χ0n) is 13.9. The summed E-state index contributed by atoms with van der Waals surface area (Å²) >= 11 is 0.979. The summed E-state index contributed by atoms with van der Waals surface area (Å²) in [5, 5.41) is 15.7. The highest BCUT2D eigenvalue weighted by Gasteiger charge is 2.60. The number of amides is 2. The Hall–Kier alpha value is -2.78. The van der Waals surface area contributed by atoms with E-state index in [-0.39, 0.29) is 15.1 Å². The van der Waals surface area contributed by atoms with Crippen LogP contribution in [0.5, 0.6) is 0 Å². The molecule has 13 nitrogen and oxygen atoms in total. The molecule has 148 valence electrons. The Balaban J connectivity index is 2.24. The van der Waals surface area contributed by atoms with Gasteiger partial charge in [0.25, 0.3) is 11.8 Å². The molecule has 0 aliphatic carbocycles. The van der Waals surface area contributed by atoms with Crippen LogP contribution in [0.4, 0.5) is 5.13 Å². The fraction of sp³-hybridized carbons (Fsp3) is 0.417. The number of nitrogens with zero attached hydrogens (tertiary/aromatic N) is 3. The van der Waals surface area contributed by atoms with Crippen molar-refractivity contribution in [1.82, 2.24) is 14.6 Å². The van der Waals surface area contributed by atoms with E-state index in [9.17, 15) is 22.8 Å². The number of nitrogens with one attached hydrogen (secondary N) is 1. The minimum Gasteiger partial charge on any atom is -0.479 e. The molecule has 1 aromatic rings. The van der Waals surface area contributed by atoms with Crippen LogP contribution >= 0.6 is 11.3 Å². The number of carbonyl (C=O) groups excluding carboxylic acids is 2. The summed E-state index contributed by atoms with van der Waals surface area (Å²) < 4.78 is 31.8. The number of oxime groups is 1. The van der Waals surface area contributed by atoms with Crippen molar-refractivity contribution in [2.75, 3.05) is 12.3 Å². The zero-order chi connectivity index (χ0) is 20.6. The predicted octanol–water partition coefficient (Wildman–Crippen LogP) is -1.56. The normalized spacial score (nSPS) is 19.4. The number of β-lactam (4-membered cyclic amide) rings is 1. The van der Waals surface area contributed by atoms with Crippen LogP contribution in [0.3, 0.4) is 0 Å². The standard InChI is InChI=1S/C12H15N5O8S2/c1-12(2)8(10(21)17(12)27(22,23)24)15-9(20)7(16-25-3-6(18)19)5-4-26-11(13)14-5/h4,8H,3H2,1-2H3,(H2,13,14)(H,15,20)(H,18,19)(H,22,23,24)/b16-7+/t8-/m1/s1. The van der Waals surface area contributed by atoms with E-state index in [2.05, 4.69) is 20.3 Å². The van der Waals surface area contributed by atoms with Gasteiger partial charge in [0.15, 0.2) is 10.8 Å². The van der Waals surface area contributed by atoms with Crippen molar-refractivity contribution in [2.24, 2.45) is 5.16 Å². The van der Waals surface area contributed by atoms with Crippen LogP contribution in [-0.2, 0) is 29.5 Å². The molecule has 0 radical (unpaired) electrons. The Morgan fingerprint density at radius 1 is 1.52 bits per heavy atom. The van der Waals surface area contributed by atoms with Crippen molar-refractivity contribution in [1.29, 1.82) is 0 Å². The van der Waals surface area contributed by atoms with E-state index in [4.69, 9.17) is 15.4 Å². The van der Waals surface area contributed by atoms with E-state index in [1.807, 2.05) is 0 Å². The van der Waals surface area contributed by atoms with Crippen molar-refractivity contribution in [2.45, 2.75) is 25.4 Å². The third kappa shape index (κ3) is 4.15. The van der Waals surface area contributed by atoms with Gasteiger partial charge in [0.2, 0.25) is 6.61 Å². The molecule has 1 aliphatic heterocycles. The van der Waals surface area contributed by atoms with Gasteiger partial charge in [-0.2, -0.15) is 8.42 Å². The lowest BCUT2D eigenvalue weighted by Crippen LogP contribution is -2.77. The van der Waals surface area contributed by atoms with Gasteiger partial charge in [-0.1, -0.05) is 5.16 Å². The van der Waals surface area contributed by atoms with Crippen LogP contribution < -0.4 is 11.1 Å². The third-order valence-electron chi connectivity index (χ3n) is 3.51. The molecular formula is C12H15N5O8S2. The monoisotopic (exact) mass is 421 g/mol. The lowest BCUT2D eigenvalue weighted by atomic mass is 9.85. The second-order valence-electron chi connectivity index (χ2n) is 5.82. The Bertz CT molecular complexity index is 922. The number of carbonyl (C=O) groups is 3. The number of hydrogen-bond acceptors (Lipinski definition) is 10. The van der Waals surface area contributed by atoms with Crippen molar-refractivity contribution >= 4 is 50.3 Å². The Morgan fingerprint density at radius 3 is 2.59 bits per heavy atom. The SMILES string of the molecule is CC1(C)[C@H](NC(=O)/C(=N/OCC(=O)O)c2csc(N)n2)C(=O)N1S(=O)(=O)O. The smallest absolute Gasteiger partial charge is 0.362 e. The van der Waals surface area contributed by atoms with E-state index in [1.54, 1.807) is 0 Å². The van der Waals surface area contributed by atoms with Crippen LogP contribution in [0, 0.1) is 0 Å². The number of aromatic nitrogens is 1. The van der Waals surface area contributed by atoms with Crippen LogP contribution in [-0.4, -0.2) is 69.0 Å². The largest absolute Gasteiger partial charge is 0.479 e. The summed E-state index contributed by atoms with van der Waals surface area (Å²) in [4.78, 5) is 43.4. The molecule has 1 aromatic heterocycles. The van der Waals surface area contributed by atoms with Gasteiger partial charge in [-0.3, -0.25) is 14.1 Å². The molecule has 0 bridgehead atoms. The minimum atomic E-state index is -4.80. The summed E-state index contributed by atoms with van der Waals surface area (Å²) in [6.45, 7) is 1.79. The van der Waals surface area contributed by atoms with Crippen molar-refractivity contribution in [3.8, 4) is 0 Å². The van der Waals surface area contributed by atoms with Crippen molar-refractivity contribution < 1.29 is 37.3 Å². The van der Waals surface area contributed by atoms with Crippen LogP contribution in [0.15, 0.2) is 10.5 Å². The maximum atomic E-state index is 12.5. The van der Waals surface area contributed by atoms with Gasteiger partial charge in [-0.25, -0.2) is 14.1 Å². The van der Waals surface area contributed by atoms with E-state index in [0.29, 0.717) is 0 Å². The molecule has 1 saturated heterocycles. The summed E-state index contributed by atoms with van der Waals surface area (Å²) in [6, 6.07) is -1.30. The molecule has 0 spiro atoms. The average Bonchev–Trinajstić information content (AvgIpc) is 2.93. The molecule has 1 aliphatic rings. The van der Waals surface area contributed by atoms with Gasteiger partial charge in [0.1, 0.15) is 11.7 Å². The van der Waals surface area contributed by atoms with Gasteiger partial charge >= 0.3 is 16.3 Å². The zero-order valence-corrected chi connectivity index (χ0v) is 15.6. The topological polar surface area (TPSA) is 202 Å². The third-order valence-corrected chi connectivity index (χ3v) is 5.29. The van der Waals surface area contributed by atoms with E-state index in [1.165, 1.54) is 19.2 Å². The number of nitrogen functional groups attached to an aromatic ring is 1. The quantitative estimate of drug-likeness (QED) is 0.172. The molecule has 0 unspecified atom stereocenters. The van der Waals surface area contributed by atoms with Gasteiger partial charge in [-0.05, 0) is 13.8 Å². The number of aliphatic carboxylic acids is 1. The fourth-order valence-corrected chi connectivity index (χ4v) is 3.94. The second kappa shape index (κ2) is 7.09. The van der Waals surface area contributed by atoms with Gasteiger partial charge in [0, 0.05) is 5.38 Å². The van der Waals surface area contributed by atoms with Gasteiger partial charge in [-0.15, -0.1) is 11.3 Å². The highest BCUT2D eigenvalue weighted by Crippen LogP contribution is 2.34. The summed E-state index contributed by atoms with van der Waals surface area (Å²) in [6.07, 6.45) is 0. The van der Waals surface area contributed by atoms with Crippen LogP contribution in [0.2, 0.25) is 0 Å². The first-order valence-corrected chi connectivity index (χ1v) is 9.39. The molecule has 2 amide bonds. The second-order valence-corrected chi connectivity index (χ2v) is 7.97. The van der Waals surface area contributed by atoms with Gasteiger partial charge in [0.05, 0.1) is 5.54 Å². The molecule has 1 fully saturated rings. The molecule has 0 aromatic carbocycles. The first-order valence-electron chi connectivity index (χ1n) is 7.11. The molecule has 15 heteroatoms. The molecule has 5 N–H and O–H groups in total. The maximum absolute atomic E-state index is 12.5. The van der Waals surface area contributed by atoms with Crippen molar-refractivity contribution in [3.05, 3.63) is 11.1 Å². The van der Waals surface area contributed by atoms with E-state index < -0.39 is 52.0 Å². The highest BCUT2D eigenvalue weighted by atomic mass is 32.2. The summed E-state index contributed by atoms with van der Waals surface area (Å²) in [5.41, 5.74) is 3.55. The molecular weight excluding hydrogens is 406 g/mol. The highest BCUT2D eigenvalue weighted by molar-refractivity contribution is 7.84. The number of carboxylic acids is 1. The minimum absolute atomic E-state index is 0.0309. The van der Waals surface area contributed by atoms with Gasteiger partial charge < -0.3 is 21.0 Å². The summed E-state index contributed by atoms with van der Waals surface area (Å²) in [5.74, 6) is -3.37. The molecule has 2 heterocycles. The molecule has 1 atom stereocenters. The fourth-order valence-electron chi connectivity index (χ4n) is 2.36. The molecule has 0 saturated carbocycles. The molecule has 27 heavy (non-hydrogen) atoms. The van der Waals surface area contributed by atoms with Crippen LogP contribution in [0.25, 0.3) is 0 Å². The number of thiazole rings is 1. The number of anilines is 1. The lowest BCUT2D eigenvalue weighted by Gasteiger charge is -2.50. The Labute approximate surface area is 156 Å². The number of rotatable bonds is 7. The van der Waals surface area contributed by atoms with E-state index >= 15 is 0 Å².